The fraction of sp³-hybridized carbons (Fsp3) is 0.562. The molecule has 2 rings (SSSR count). The summed E-state index contributed by atoms with van der Waals surface area (Å²) in [6.07, 6.45) is 2.56. The predicted octanol–water partition coefficient (Wildman–Crippen LogP) is 2.81. The molecule has 1 fully saturated rings. The second-order valence-corrected chi connectivity index (χ2v) is 5.29. The zero-order chi connectivity index (χ0) is 14.4. The van der Waals surface area contributed by atoms with Crippen molar-refractivity contribution in [1.29, 1.82) is 0 Å². The molecule has 1 aliphatic heterocycles. The molecule has 2 atom stereocenters. The number of amides is 1. The molecule has 4 heteroatoms. The Kier molecular flexibility index (Phi) is 5.41. The van der Waals surface area contributed by atoms with E-state index in [1.54, 1.807) is 4.90 Å². The van der Waals surface area contributed by atoms with Gasteiger partial charge in [0, 0.05) is 25.1 Å². The second-order valence-electron chi connectivity index (χ2n) is 5.29. The third kappa shape index (κ3) is 3.51. The largest absolute Gasteiger partial charge is 0.445 e. The standard InChI is InChI=1S/C16H23NO3/c1-2-14(11-18)15-9-6-10-17(15)16(19)20-12-13-7-4-3-5-8-13/h3-5,7-8,14-15,18H,2,6,9-12H2,1H3/t14-,15+/m0/s1. The van der Waals surface area contributed by atoms with Crippen LogP contribution in [-0.4, -0.2) is 35.3 Å². The molecule has 0 unspecified atom stereocenters. The van der Waals surface area contributed by atoms with Gasteiger partial charge in [-0.25, -0.2) is 4.79 Å². The van der Waals surface area contributed by atoms with Crippen LogP contribution < -0.4 is 0 Å². The Bertz CT molecular complexity index is 417. The summed E-state index contributed by atoms with van der Waals surface area (Å²) in [7, 11) is 0. The Morgan fingerprint density at radius 3 is 2.85 bits per heavy atom. The number of hydrogen-bond donors (Lipinski definition) is 1. The Labute approximate surface area is 120 Å². The molecule has 0 saturated carbocycles. The summed E-state index contributed by atoms with van der Waals surface area (Å²) >= 11 is 0. The Morgan fingerprint density at radius 2 is 2.20 bits per heavy atom. The van der Waals surface area contributed by atoms with E-state index in [-0.39, 0.29) is 24.7 Å². The molecule has 0 bridgehead atoms. The van der Waals surface area contributed by atoms with Gasteiger partial charge in [0.05, 0.1) is 0 Å². The van der Waals surface area contributed by atoms with Gasteiger partial charge >= 0.3 is 6.09 Å². The van der Waals surface area contributed by atoms with E-state index in [1.807, 2.05) is 37.3 Å². The number of carbonyl (C=O) groups excluding carboxylic acids is 1. The third-order valence-corrected chi connectivity index (χ3v) is 4.04. The molecular formula is C16H23NO3. The molecule has 1 aromatic rings. The van der Waals surface area contributed by atoms with Crippen LogP contribution in [0.15, 0.2) is 30.3 Å². The van der Waals surface area contributed by atoms with Gasteiger partial charge in [-0.05, 0) is 24.8 Å². The number of ether oxygens (including phenoxy) is 1. The van der Waals surface area contributed by atoms with Gasteiger partial charge in [0.2, 0.25) is 0 Å². The highest BCUT2D eigenvalue weighted by atomic mass is 16.6. The molecule has 1 N–H and O–H groups in total. The van der Waals surface area contributed by atoms with Crippen LogP contribution in [-0.2, 0) is 11.3 Å². The minimum atomic E-state index is -0.261. The molecule has 4 nitrogen and oxygen atoms in total. The number of carbonyl (C=O) groups is 1. The van der Waals surface area contributed by atoms with Crippen molar-refractivity contribution >= 4 is 6.09 Å². The summed E-state index contributed by atoms with van der Waals surface area (Å²) in [5.74, 6) is 0.154. The Hall–Kier alpha value is -1.55. The van der Waals surface area contributed by atoms with Crippen molar-refractivity contribution in [2.75, 3.05) is 13.2 Å². The lowest BCUT2D eigenvalue weighted by Gasteiger charge is -2.29. The number of aliphatic hydroxyl groups excluding tert-OH is 1. The van der Waals surface area contributed by atoms with Crippen molar-refractivity contribution in [2.24, 2.45) is 5.92 Å². The minimum Gasteiger partial charge on any atom is -0.445 e. The number of likely N-dealkylation sites (tertiary alicyclic amines) is 1. The average molecular weight is 277 g/mol. The number of nitrogens with zero attached hydrogens (tertiary/aromatic N) is 1. The van der Waals surface area contributed by atoms with Gasteiger partial charge in [0.15, 0.2) is 0 Å². The zero-order valence-electron chi connectivity index (χ0n) is 12.0. The molecule has 1 amide bonds. The van der Waals surface area contributed by atoms with Gasteiger partial charge in [0.25, 0.3) is 0 Å². The molecule has 20 heavy (non-hydrogen) atoms. The van der Waals surface area contributed by atoms with Gasteiger partial charge < -0.3 is 14.7 Å². The number of hydrogen-bond acceptors (Lipinski definition) is 3. The molecule has 1 heterocycles. The average Bonchev–Trinajstić information content (AvgIpc) is 2.97. The topological polar surface area (TPSA) is 49.8 Å². The van der Waals surface area contributed by atoms with Crippen LogP contribution in [0.1, 0.15) is 31.7 Å². The highest BCUT2D eigenvalue weighted by Gasteiger charge is 2.34. The maximum atomic E-state index is 12.2. The first-order valence-electron chi connectivity index (χ1n) is 7.34. The van der Waals surface area contributed by atoms with Crippen molar-refractivity contribution in [3.63, 3.8) is 0 Å². The van der Waals surface area contributed by atoms with E-state index in [4.69, 9.17) is 4.74 Å². The zero-order valence-corrected chi connectivity index (χ0v) is 12.0. The lowest BCUT2D eigenvalue weighted by Crippen LogP contribution is -2.41. The summed E-state index contributed by atoms with van der Waals surface area (Å²) < 4.78 is 5.39. The summed E-state index contributed by atoms with van der Waals surface area (Å²) in [6, 6.07) is 9.80. The van der Waals surface area contributed by atoms with Crippen LogP contribution in [0, 0.1) is 5.92 Å². The van der Waals surface area contributed by atoms with Gasteiger partial charge in [-0.15, -0.1) is 0 Å². The molecule has 1 aliphatic rings. The summed E-state index contributed by atoms with van der Waals surface area (Å²) in [5, 5.41) is 9.42. The third-order valence-electron chi connectivity index (χ3n) is 4.04. The van der Waals surface area contributed by atoms with E-state index in [2.05, 4.69) is 0 Å². The van der Waals surface area contributed by atoms with Gasteiger partial charge in [-0.2, -0.15) is 0 Å². The molecule has 0 aliphatic carbocycles. The maximum absolute atomic E-state index is 12.2. The molecule has 0 aromatic heterocycles. The molecule has 0 spiro atoms. The summed E-state index contributed by atoms with van der Waals surface area (Å²) in [4.78, 5) is 14.0. The first-order valence-corrected chi connectivity index (χ1v) is 7.34. The van der Waals surface area contributed by atoms with Crippen LogP contribution in [0.2, 0.25) is 0 Å². The van der Waals surface area contributed by atoms with Gasteiger partial charge in [-0.3, -0.25) is 0 Å². The first kappa shape index (κ1) is 14.9. The van der Waals surface area contributed by atoms with Crippen LogP contribution in [0.25, 0.3) is 0 Å². The Morgan fingerprint density at radius 1 is 1.45 bits per heavy atom. The highest BCUT2D eigenvalue weighted by molar-refractivity contribution is 5.68. The van der Waals surface area contributed by atoms with Gasteiger partial charge in [0.1, 0.15) is 6.61 Å². The van der Waals surface area contributed by atoms with Crippen molar-refractivity contribution in [3.05, 3.63) is 35.9 Å². The van der Waals surface area contributed by atoms with E-state index in [1.165, 1.54) is 0 Å². The lowest BCUT2D eigenvalue weighted by atomic mass is 9.96. The number of aliphatic hydroxyl groups is 1. The van der Waals surface area contributed by atoms with Crippen LogP contribution in [0.4, 0.5) is 4.79 Å². The number of rotatable bonds is 5. The first-order chi connectivity index (χ1) is 9.76. The van der Waals surface area contributed by atoms with Crippen LogP contribution >= 0.6 is 0 Å². The predicted molar refractivity (Wildman–Crippen MR) is 77.2 cm³/mol. The highest BCUT2D eigenvalue weighted by Crippen LogP contribution is 2.26. The Balaban J connectivity index is 1.91. The molecule has 1 saturated heterocycles. The van der Waals surface area contributed by atoms with E-state index < -0.39 is 0 Å². The van der Waals surface area contributed by atoms with E-state index in [9.17, 15) is 9.90 Å². The molecule has 1 aromatic carbocycles. The van der Waals surface area contributed by atoms with Crippen molar-refractivity contribution in [2.45, 2.75) is 38.8 Å². The lowest BCUT2D eigenvalue weighted by molar-refractivity contribution is 0.0707. The minimum absolute atomic E-state index is 0.119. The summed E-state index contributed by atoms with van der Waals surface area (Å²) in [6.45, 7) is 3.21. The van der Waals surface area contributed by atoms with Crippen molar-refractivity contribution in [1.82, 2.24) is 4.90 Å². The smallest absolute Gasteiger partial charge is 0.410 e. The van der Waals surface area contributed by atoms with Crippen molar-refractivity contribution in [3.8, 4) is 0 Å². The second kappa shape index (κ2) is 7.29. The van der Waals surface area contributed by atoms with E-state index >= 15 is 0 Å². The normalized spacial score (nSPS) is 19.9. The van der Waals surface area contributed by atoms with E-state index in [0.717, 1.165) is 31.4 Å². The molecular weight excluding hydrogens is 254 g/mol. The maximum Gasteiger partial charge on any atom is 0.410 e. The summed E-state index contributed by atoms with van der Waals surface area (Å²) in [5.41, 5.74) is 0.991. The number of benzene rings is 1. The molecule has 0 radical (unpaired) electrons. The van der Waals surface area contributed by atoms with Gasteiger partial charge in [-0.1, -0.05) is 37.3 Å². The van der Waals surface area contributed by atoms with Crippen LogP contribution in [0.3, 0.4) is 0 Å². The van der Waals surface area contributed by atoms with Crippen LogP contribution in [0.5, 0.6) is 0 Å². The molecule has 110 valence electrons. The van der Waals surface area contributed by atoms with Crippen molar-refractivity contribution < 1.29 is 14.6 Å². The quantitative estimate of drug-likeness (QED) is 0.900. The SMILES string of the molecule is CC[C@@H](CO)[C@H]1CCCN1C(=O)OCc1ccccc1. The van der Waals surface area contributed by atoms with E-state index in [0.29, 0.717) is 6.61 Å². The fourth-order valence-corrected chi connectivity index (χ4v) is 2.83. The monoisotopic (exact) mass is 277 g/mol. The fourth-order valence-electron chi connectivity index (χ4n) is 2.83.